The van der Waals surface area contributed by atoms with Gasteiger partial charge in [-0.3, -0.25) is 0 Å². The fourth-order valence-corrected chi connectivity index (χ4v) is 8.49. The second-order valence-electron chi connectivity index (χ2n) is 6.25. The van der Waals surface area contributed by atoms with Crippen molar-refractivity contribution in [3.63, 3.8) is 0 Å². The van der Waals surface area contributed by atoms with Crippen molar-refractivity contribution in [2.45, 2.75) is 58.2 Å². The first-order valence-electron chi connectivity index (χ1n) is 7.24. The van der Waals surface area contributed by atoms with Crippen LogP contribution in [0, 0.1) is 0 Å². The zero-order valence-corrected chi connectivity index (χ0v) is 14.3. The maximum absolute atomic E-state index is 11.1. The fourth-order valence-electron chi connectivity index (χ4n) is 3.25. The molecule has 4 heteroatoms. The SMILES string of the molecule is CC(C)[Si](Oc1cccc(C(=O)O)c1)(C(C)C)C(C)C. The van der Waals surface area contributed by atoms with E-state index in [0.29, 0.717) is 22.4 Å². The molecule has 20 heavy (non-hydrogen) atoms. The molecule has 0 spiro atoms. The van der Waals surface area contributed by atoms with E-state index in [4.69, 9.17) is 9.53 Å². The Morgan fingerprint density at radius 3 is 1.95 bits per heavy atom. The molecule has 1 aromatic carbocycles. The van der Waals surface area contributed by atoms with Crippen LogP contribution >= 0.6 is 0 Å². The molecule has 112 valence electrons. The summed E-state index contributed by atoms with van der Waals surface area (Å²) in [5.41, 5.74) is 1.68. The van der Waals surface area contributed by atoms with Crippen molar-refractivity contribution in [2.24, 2.45) is 0 Å². The van der Waals surface area contributed by atoms with E-state index in [0.717, 1.165) is 0 Å². The minimum atomic E-state index is -2.02. The number of carboxylic acids is 1. The molecule has 0 heterocycles. The van der Waals surface area contributed by atoms with E-state index in [1.807, 2.05) is 6.07 Å². The Kier molecular flexibility index (Phi) is 5.40. The van der Waals surface area contributed by atoms with Crippen LogP contribution in [0.4, 0.5) is 0 Å². The van der Waals surface area contributed by atoms with Crippen LogP contribution in [-0.4, -0.2) is 19.4 Å². The number of carbonyl (C=O) groups is 1. The number of carboxylic acid groups (broad SMARTS) is 1. The smallest absolute Gasteiger partial charge is 0.335 e. The molecule has 0 saturated carbocycles. The van der Waals surface area contributed by atoms with Gasteiger partial charge < -0.3 is 9.53 Å². The maximum Gasteiger partial charge on any atom is 0.335 e. The lowest BCUT2D eigenvalue weighted by molar-refractivity contribution is 0.0696. The number of rotatable bonds is 6. The summed E-state index contributed by atoms with van der Waals surface area (Å²) in [5, 5.41) is 9.09. The highest BCUT2D eigenvalue weighted by Gasteiger charge is 2.46. The quantitative estimate of drug-likeness (QED) is 0.756. The lowest BCUT2D eigenvalue weighted by Crippen LogP contribution is -2.50. The summed E-state index contributed by atoms with van der Waals surface area (Å²) in [5.74, 6) is -0.228. The Hall–Kier alpha value is -1.29. The van der Waals surface area contributed by atoms with Crippen molar-refractivity contribution in [3.05, 3.63) is 29.8 Å². The van der Waals surface area contributed by atoms with Gasteiger partial charge in [-0.2, -0.15) is 0 Å². The Balaban J connectivity index is 3.19. The molecule has 1 N–H and O–H groups in total. The first-order chi connectivity index (χ1) is 9.21. The van der Waals surface area contributed by atoms with Crippen LogP contribution in [0.15, 0.2) is 24.3 Å². The molecule has 0 aliphatic carbocycles. The Morgan fingerprint density at radius 1 is 1.05 bits per heavy atom. The van der Waals surface area contributed by atoms with E-state index >= 15 is 0 Å². The summed E-state index contributed by atoms with van der Waals surface area (Å²) < 4.78 is 6.45. The summed E-state index contributed by atoms with van der Waals surface area (Å²) in [6.45, 7) is 13.3. The lowest BCUT2D eigenvalue weighted by Gasteiger charge is -2.42. The molecule has 0 aromatic heterocycles. The van der Waals surface area contributed by atoms with Crippen molar-refractivity contribution in [2.75, 3.05) is 0 Å². The molecule has 0 saturated heterocycles. The van der Waals surface area contributed by atoms with Crippen LogP contribution in [0.2, 0.25) is 16.6 Å². The molecule has 3 nitrogen and oxygen atoms in total. The molecular formula is C16H26O3Si. The van der Waals surface area contributed by atoms with E-state index in [-0.39, 0.29) is 5.56 Å². The molecule has 0 bridgehead atoms. The summed E-state index contributed by atoms with van der Waals surface area (Å²) >= 11 is 0. The fraction of sp³-hybridized carbons (Fsp3) is 0.562. The normalized spacial score (nSPS) is 12.2. The Labute approximate surface area is 123 Å². The predicted molar refractivity (Wildman–Crippen MR) is 85.1 cm³/mol. The zero-order valence-electron chi connectivity index (χ0n) is 13.3. The number of aromatic carboxylic acids is 1. The third kappa shape index (κ3) is 3.23. The molecule has 0 aliphatic rings. The number of hydrogen-bond acceptors (Lipinski definition) is 2. The molecule has 0 radical (unpaired) electrons. The second-order valence-corrected chi connectivity index (χ2v) is 11.6. The molecule has 0 aliphatic heterocycles. The van der Waals surface area contributed by atoms with Gasteiger partial charge in [-0.15, -0.1) is 0 Å². The summed E-state index contributed by atoms with van der Waals surface area (Å²) in [4.78, 5) is 11.1. The number of hydrogen-bond donors (Lipinski definition) is 1. The predicted octanol–water partition coefficient (Wildman–Crippen LogP) is 4.94. The number of benzene rings is 1. The molecular weight excluding hydrogens is 268 g/mol. The van der Waals surface area contributed by atoms with Gasteiger partial charge in [0.15, 0.2) is 0 Å². The molecule has 0 fully saturated rings. The molecule has 0 amide bonds. The van der Waals surface area contributed by atoms with Gasteiger partial charge in [-0.1, -0.05) is 47.6 Å². The van der Waals surface area contributed by atoms with E-state index in [2.05, 4.69) is 41.5 Å². The summed E-state index contributed by atoms with van der Waals surface area (Å²) in [6.07, 6.45) is 0. The van der Waals surface area contributed by atoms with E-state index in [1.165, 1.54) is 0 Å². The zero-order chi connectivity index (χ0) is 15.5. The van der Waals surface area contributed by atoms with Gasteiger partial charge in [0.25, 0.3) is 8.32 Å². The summed E-state index contributed by atoms with van der Waals surface area (Å²) in [6, 6.07) is 6.84. The van der Waals surface area contributed by atoms with Gasteiger partial charge in [0, 0.05) is 0 Å². The summed E-state index contributed by atoms with van der Waals surface area (Å²) in [7, 11) is -2.02. The van der Waals surface area contributed by atoms with Crippen LogP contribution in [-0.2, 0) is 0 Å². The standard InChI is InChI=1S/C16H26O3Si/c1-11(2)20(12(3)4,13(5)6)19-15-9-7-8-14(10-15)16(17)18/h7-13H,1-6H3,(H,17,18). The van der Waals surface area contributed by atoms with Crippen molar-refractivity contribution in [1.82, 2.24) is 0 Å². The highest BCUT2D eigenvalue weighted by atomic mass is 28.4. The van der Waals surface area contributed by atoms with Crippen LogP contribution in [0.3, 0.4) is 0 Å². The lowest BCUT2D eigenvalue weighted by atomic mass is 10.2. The monoisotopic (exact) mass is 294 g/mol. The third-order valence-electron chi connectivity index (χ3n) is 4.08. The van der Waals surface area contributed by atoms with Gasteiger partial charge in [0.05, 0.1) is 5.56 Å². The van der Waals surface area contributed by atoms with E-state index < -0.39 is 14.3 Å². The van der Waals surface area contributed by atoms with Crippen LogP contribution in [0.25, 0.3) is 0 Å². The average Bonchev–Trinajstić information content (AvgIpc) is 2.34. The first kappa shape index (κ1) is 16.8. The van der Waals surface area contributed by atoms with Gasteiger partial charge in [-0.05, 0) is 34.8 Å². The first-order valence-corrected chi connectivity index (χ1v) is 9.38. The largest absolute Gasteiger partial charge is 0.543 e. The highest BCUT2D eigenvalue weighted by molar-refractivity contribution is 6.78. The van der Waals surface area contributed by atoms with Crippen LogP contribution in [0.1, 0.15) is 51.9 Å². The molecule has 1 rings (SSSR count). The van der Waals surface area contributed by atoms with Crippen molar-refractivity contribution in [3.8, 4) is 5.75 Å². The van der Waals surface area contributed by atoms with Crippen molar-refractivity contribution < 1.29 is 14.3 Å². The third-order valence-corrected chi connectivity index (χ3v) is 10.1. The van der Waals surface area contributed by atoms with Gasteiger partial charge >= 0.3 is 5.97 Å². The molecule has 1 aromatic rings. The molecule has 0 unspecified atom stereocenters. The van der Waals surface area contributed by atoms with Gasteiger partial charge in [-0.25, -0.2) is 4.79 Å². The average molecular weight is 294 g/mol. The minimum Gasteiger partial charge on any atom is -0.543 e. The Bertz CT molecular complexity index is 445. The Morgan fingerprint density at radius 2 is 1.55 bits per heavy atom. The van der Waals surface area contributed by atoms with Gasteiger partial charge in [0.1, 0.15) is 5.75 Å². The highest BCUT2D eigenvalue weighted by Crippen LogP contribution is 2.42. The minimum absolute atomic E-state index is 0.279. The van der Waals surface area contributed by atoms with E-state index in [1.54, 1.807) is 18.2 Å². The van der Waals surface area contributed by atoms with Crippen molar-refractivity contribution >= 4 is 14.3 Å². The van der Waals surface area contributed by atoms with Gasteiger partial charge in [0.2, 0.25) is 0 Å². The second kappa shape index (κ2) is 6.44. The van der Waals surface area contributed by atoms with Crippen molar-refractivity contribution in [1.29, 1.82) is 0 Å². The maximum atomic E-state index is 11.1. The molecule has 0 atom stereocenters. The van der Waals surface area contributed by atoms with Crippen LogP contribution < -0.4 is 4.43 Å². The van der Waals surface area contributed by atoms with Crippen LogP contribution in [0.5, 0.6) is 5.75 Å². The van der Waals surface area contributed by atoms with E-state index in [9.17, 15) is 4.79 Å². The topological polar surface area (TPSA) is 46.5 Å².